The first-order valence-corrected chi connectivity index (χ1v) is 6.08. The molecule has 0 fully saturated rings. The molecule has 0 aliphatic carbocycles. The second-order valence-corrected chi connectivity index (χ2v) is 4.45. The number of methoxy groups -OCH3 is 1. The number of ketones is 1. The summed E-state index contributed by atoms with van der Waals surface area (Å²) >= 11 is 5.84. The van der Waals surface area contributed by atoms with E-state index in [2.05, 4.69) is 10.2 Å². The van der Waals surface area contributed by atoms with Gasteiger partial charge in [-0.1, -0.05) is 11.6 Å². The highest BCUT2D eigenvalue weighted by molar-refractivity contribution is 6.31. The van der Waals surface area contributed by atoms with Gasteiger partial charge >= 0.3 is 6.43 Å². The Kier molecular flexibility index (Phi) is 4.32. The fourth-order valence-electron chi connectivity index (χ4n) is 1.81. The van der Waals surface area contributed by atoms with Crippen molar-refractivity contribution in [3.05, 3.63) is 45.2 Å². The fraction of sp³-hybridized carbons (Fsp3) is 0.154. The lowest BCUT2D eigenvalue weighted by Gasteiger charge is -2.11. The largest absolute Gasteiger partial charge is 0.480 e. The lowest BCUT2D eigenvalue weighted by atomic mass is 9.98. The van der Waals surface area contributed by atoms with E-state index in [1.807, 2.05) is 0 Å². The summed E-state index contributed by atoms with van der Waals surface area (Å²) in [5.41, 5.74) is -0.669. The second kappa shape index (κ2) is 6.01. The van der Waals surface area contributed by atoms with Crippen LogP contribution in [-0.4, -0.2) is 29.5 Å². The predicted octanol–water partition coefficient (Wildman–Crippen LogP) is 2.55. The van der Waals surface area contributed by atoms with Crippen molar-refractivity contribution in [2.24, 2.45) is 0 Å². The van der Waals surface area contributed by atoms with Crippen LogP contribution >= 0.6 is 11.6 Å². The molecule has 0 spiro atoms. The van der Waals surface area contributed by atoms with Crippen LogP contribution in [0.5, 0.6) is 5.88 Å². The van der Waals surface area contributed by atoms with E-state index in [1.165, 1.54) is 25.3 Å². The number of aromatic amines is 1. The van der Waals surface area contributed by atoms with Crippen molar-refractivity contribution in [1.82, 2.24) is 10.2 Å². The molecule has 21 heavy (non-hydrogen) atoms. The highest BCUT2D eigenvalue weighted by Gasteiger charge is 2.23. The fourth-order valence-corrected chi connectivity index (χ4v) is 1.98. The summed E-state index contributed by atoms with van der Waals surface area (Å²) < 4.78 is 30.3. The van der Waals surface area contributed by atoms with Crippen LogP contribution in [0.1, 0.15) is 10.4 Å². The molecule has 0 aliphatic rings. The number of alkyl halides is 2. The van der Waals surface area contributed by atoms with Gasteiger partial charge in [0.1, 0.15) is 0 Å². The van der Waals surface area contributed by atoms with Crippen molar-refractivity contribution >= 4 is 17.4 Å². The van der Waals surface area contributed by atoms with E-state index in [-0.39, 0.29) is 27.6 Å². The number of rotatable bonds is 4. The molecule has 1 N–H and O–H groups in total. The molecule has 0 saturated heterocycles. The molecule has 1 aromatic carbocycles. The van der Waals surface area contributed by atoms with Crippen LogP contribution in [0.25, 0.3) is 11.1 Å². The molecular formula is C13H9ClF2N2O3. The molecule has 0 radical (unpaired) electrons. The highest BCUT2D eigenvalue weighted by atomic mass is 35.5. The zero-order valence-electron chi connectivity index (χ0n) is 10.7. The zero-order valence-corrected chi connectivity index (χ0v) is 11.4. The smallest absolute Gasteiger partial charge is 0.300 e. The molecule has 2 rings (SSSR count). The van der Waals surface area contributed by atoms with Gasteiger partial charge in [0.05, 0.1) is 12.7 Å². The summed E-state index contributed by atoms with van der Waals surface area (Å²) in [7, 11) is 1.29. The normalized spacial score (nSPS) is 10.7. The summed E-state index contributed by atoms with van der Waals surface area (Å²) in [5.74, 6) is -1.39. The topological polar surface area (TPSA) is 72.0 Å². The van der Waals surface area contributed by atoms with Crippen LogP contribution in [-0.2, 0) is 0 Å². The first-order chi connectivity index (χ1) is 9.93. The number of hydrogen-bond acceptors (Lipinski definition) is 4. The maximum absolute atomic E-state index is 12.7. The van der Waals surface area contributed by atoms with Gasteiger partial charge in [0.15, 0.2) is 0 Å². The standard InChI is InChI=1S/C13H9ClF2N2O3/c1-21-13-9(5-10(19)17-18-13)8-4-6(14)2-3-7(8)11(20)12(15)16/h2-5,12H,1H3,(H,17,19). The number of aromatic nitrogens is 2. The summed E-state index contributed by atoms with van der Waals surface area (Å²) in [4.78, 5) is 23.0. The van der Waals surface area contributed by atoms with Crippen LogP contribution in [0.15, 0.2) is 29.1 Å². The summed E-state index contributed by atoms with van der Waals surface area (Å²) in [6.45, 7) is 0. The molecule has 2 aromatic rings. The van der Waals surface area contributed by atoms with Gasteiger partial charge in [0.25, 0.3) is 5.56 Å². The quantitative estimate of drug-likeness (QED) is 0.880. The van der Waals surface area contributed by atoms with Gasteiger partial charge in [-0.2, -0.15) is 0 Å². The van der Waals surface area contributed by atoms with Gasteiger partial charge in [-0.15, -0.1) is 5.10 Å². The maximum Gasteiger partial charge on any atom is 0.300 e. The molecule has 0 atom stereocenters. The Morgan fingerprint density at radius 2 is 2.05 bits per heavy atom. The number of ether oxygens (including phenoxy) is 1. The third-order valence-corrected chi connectivity index (χ3v) is 2.94. The van der Waals surface area contributed by atoms with Crippen LogP contribution in [0, 0.1) is 0 Å². The van der Waals surface area contributed by atoms with Gasteiger partial charge in [0, 0.05) is 16.7 Å². The number of carbonyl (C=O) groups is 1. The van der Waals surface area contributed by atoms with E-state index in [4.69, 9.17) is 16.3 Å². The number of carbonyl (C=O) groups excluding carboxylic acids is 1. The number of halogens is 3. The summed E-state index contributed by atoms with van der Waals surface area (Å²) in [6.07, 6.45) is -3.18. The highest BCUT2D eigenvalue weighted by Crippen LogP contribution is 2.32. The molecule has 110 valence electrons. The summed E-state index contributed by atoms with van der Waals surface area (Å²) in [6, 6.07) is 4.89. The molecule has 0 bridgehead atoms. The van der Waals surface area contributed by atoms with Crippen molar-refractivity contribution in [2.75, 3.05) is 7.11 Å². The minimum atomic E-state index is -3.18. The van der Waals surface area contributed by atoms with E-state index < -0.39 is 17.8 Å². The van der Waals surface area contributed by atoms with Crippen molar-refractivity contribution in [2.45, 2.75) is 6.43 Å². The average molecular weight is 315 g/mol. The molecule has 1 aromatic heterocycles. The Bertz CT molecular complexity index is 746. The number of hydrogen-bond donors (Lipinski definition) is 1. The molecule has 0 saturated carbocycles. The molecule has 0 amide bonds. The minimum absolute atomic E-state index is 0.0137. The summed E-state index contributed by atoms with van der Waals surface area (Å²) in [5, 5.41) is 6.02. The second-order valence-electron chi connectivity index (χ2n) is 4.01. The lowest BCUT2D eigenvalue weighted by molar-refractivity contribution is 0.0679. The molecule has 5 nitrogen and oxygen atoms in total. The number of nitrogens with one attached hydrogen (secondary N) is 1. The van der Waals surface area contributed by atoms with E-state index >= 15 is 0 Å². The Morgan fingerprint density at radius 1 is 1.33 bits per heavy atom. The van der Waals surface area contributed by atoms with Crippen molar-refractivity contribution in [3.63, 3.8) is 0 Å². The van der Waals surface area contributed by atoms with Crippen molar-refractivity contribution in [1.29, 1.82) is 0 Å². The predicted molar refractivity (Wildman–Crippen MR) is 72.2 cm³/mol. The minimum Gasteiger partial charge on any atom is -0.480 e. The Balaban J connectivity index is 2.74. The zero-order chi connectivity index (χ0) is 15.6. The van der Waals surface area contributed by atoms with Gasteiger partial charge in [-0.3, -0.25) is 9.59 Å². The average Bonchev–Trinajstić information content (AvgIpc) is 2.46. The number of H-pyrrole nitrogens is 1. The van der Waals surface area contributed by atoms with E-state index in [1.54, 1.807) is 0 Å². The lowest BCUT2D eigenvalue weighted by Crippen LogP contribution is -2.13. The molecule has 0 aliphatic heterocycles. The monoisotopic (exact) mass is 314 g/mol. The molecule has 8 heteroatoms. The van der Waals surface area contributed by atoms with Crippen LogP contribution < -0.4 is 10.3 Å². The van der Waals surface area contributed by atoms with Gasteiger partial charge in [-0.25, -0.2) is 13.9 Å². The van der Waals surface area contributed by atoms with E-state index in [0.29, 0.717) is 0 Å². The van der Waals surface area contributed by atoms with Gasteiger partial charge in [0.2, 0.25) is 11.7 Å². The van der Waals surface area contributed by atoms with E-state index in [9.17, 15) is 18.4 Å². The Labute approximate surface area is 122 Å². The third-order valence-electron chi connectivity index (χ3n) is 2.70. The Hall–Kier alpha value is -2.28. The first kappa shape index (κ1) is 15.1. The van der Waals surface area contributed by atoms with Crippen LogP contribution in [0.3, 0.4) is 0 Å². The Morgan fingerprint density at radius 3 is 2.67 bits per heavy atom. The molecule has 1 heterocycles. The van der Waals surface area contributed by atoms with E-state index in [0.717, 1.165) is 6.07 Å². The SMILES string of the molecule is COc1n[nH]c(=O)cc1-c1cc(Cl)ccc1C(=O)C(F)F. The van der Waals surface area contributed by atoms with Crippen LogP contribution in [0.2, 0.25) is 5.02 Å². The van der Waals surface area contributed by atoms with Crippen LogP contribution in [0.4, 0.5) is 8.78 Å². The molecular weight excluding hydrogens is 306 g/mol. The third kappa shape index (κ3) is 3.08. The molecule has 0 unspecified atom stereocenters. The van der Waals surface area contributed by atoms with Crippen molar-refractivity contribution in [3.8, 4) is 17.0 Å². The van der Waals surface area contributed by atoms with Gasteiger partial charge in [-0.05, 0) is 23.8 Å². The first-order valence-electron chi connectivity index (χ1n) is 5.70. The number of benzene rings is 1. The maximum atomic E-state index is 12.7. The van der Waals surface area contributed by atoms with Crippen molar-refractivity contribution < 1.29 is 18.3 Å². The van der Waals surface area contributed by atoms with Gasteiger partial charge < -0.3 is 4.74 Å². The number of nitrogens with zero attached hydrogens (tertiary/aromatic N) is 1. The number of Topliss-reactive ketones (excluding diaryl/α,β-unsaturated/α-hetero) is 1.